The molecule has 0 saturated carbocycles. The summed E-state index contributed by atoms with van der Waals surface area (Å²) in [6, 6.07) is 1.68. The number of aromatic nitrogens is 4. The third-order valence-corrected chi connectivity index (χ3v) is 2.38. The molecule has 2 aromatic heterocycles. The van der Waals surface area contributed by atoms with Gasteiger partial charge in [-0.2, -0.15) is 4.98 Å². The molecule has 8 heteroatoms. The highest BCUT2D eigenvalue weighted by molar-refractivity contribution is 7.99. The van der Waals surface area contributed by atoms with Crippen LogP contribution in [0.15, 0.2) is 28.6 Å². The largest absolute Gasteiger partial charge is 0.368 e. The van der Waals surface area contributed by atoms with E-state index >= 15 is 0 Å². The van der Waals surface area contributed by atoms with Gasteiger partial charge in [-0.05, 0) is 11.8 Å². The standard InChI is InChI=1S/C7H9N7S/c8-6-12-4(14-9)3-5(13-6)15-7-10-1-2-11-7/h1-3H,9H2,(H,10,11)(H3,8,12,13,14). The van der Waals surface area contributed by atoms with Crippen molar-refractivity contribution in [3.05, 3.63) is 18.5 Å². The zero-order valence-electron chi connectivity index (χ0n) is 7.64. The number of rotatable bonds is 3. The van der Waals surface area contributed by atoms with Crippen LogP contribution in [0.1, 0.15) is 0 Å². The van der Waals surface area contributed by atoms with Gasteiger partial charge < -0.3 is 16.1 Å². The fourth-order valence-electron chi connectivity index (χ4n) is 0.975. The van der Waals surface area contributed by atoms with E-state index in [2.05, 4.69) is 25.4 Å². The van der Waals surface area contributed by atoms with Crippen molar-refractivity contribution >= 4 is 23.5 Å². The molecular weight excluding hydrogens is 214 g/mol. The lowest BCUT2D eigenvalue weighted by Gasteiger charge is -2.02. The summed E-state index contributed by atoms with van der Waals surface area (Å²) in [7, 11) is 0. The second-order valence-corrected chi connectivity index (χ2v) is 3.60. The van der Waals surface area contributed by atoms with Crippen LogP contribution in [0.5, 0.6) is 0 Å². The maximum absolute atomic E-state index is 5.50. The minimum atomic E-state index is 0.166. The van der Waals surface area contributed by atoms with Crippen molar-refractivity contribution in [2.24, 2.45) is 5.84 Å². The predicted molar refractivity (Wildman–Crippen MR) is 57.0 cm³/mol. The lowest BCUT2D eigenvalue weighted by atomic mass is 10.6. The molecule has 0 aliphatic rings. The van der Waals surface area contributed by atoms with Gasteiger partial charge in [0.1, 0.15) is 10.8 Å². The number of nitrogens with one attached hydrogen (secondary N) is 2. The van der Waals surface area contributed by atoms with Crippen LogP contribution in [0.4, 0.5) is 11.8 Å². The van der Waals surface area contributed by atoms with Crippen molar-refractivity contribution in [2.75, 3.05) is 11.2 Å². The number of hydrazine groups is 1. The zero-order valence-corrected chi connectivity index (χ0v) is 8.45. The SMILES string of the molecule is NNc1cc(Sc2ncc[nH]2)nc(N)n1. The number of nitrogens with zero attached hydrogens (tertiary/aromatic N) is 3. The molecule has 15 heavy (non-hydrogen) atoms. The maximum atomic E-state index is 5.50. The Morgan fingerprint density at radius 2 is 2.27 bits per heavy atom. The highest BCUT2D eigenvalue weighted by Gasteiger charge is 2.04. The van der Waals surface area contributed by atoms with Crippen molar-refractivity contribution in [3.63, 3.8) is 0 Å². The summed E-state index contributed by atoms with van der Waals surface area (Å²) in [5.41, 5.74) is 7.91. The fourth-order valence-corrected chi connectivity index (χ4v) is 1.72. The van der Waals surface area contributed by atoms with E-state index in [1.807, 2.05) is 0 Å². The fraction of sp³-hybridized carbons (Fsp3) is 0. The summed E-state index contributed by atoms with van der Waals surface area (Å²) in [5.74, 6) is 5.87. The summed E-state index contributed by atoms with van der Waals surface area (Å²) in [5, 5.41) is 1.40. The van der Waals surface area contributed by atoms with Crippen LogP contribution in [-0.2, 0) is 0 Å². The average molecular weight is 223 g/mol. The molecule has 2 aromatic rings. The summed E-state index contributed by atoms with van der Waals surface area (Å²) in [6.07, 6.45) is 3.39. The van der Waals surface area contributed by atoms with Crippen LogP contribution in [0.2, 0.25) is 0 Å². The molecule has 0 unspecified atom stereocenters. The monoisotopic (exact) mass is 223 g/mol. The zero-order chi connectivity index (χ0) is 10.7. The highest BCUT2D eigenvalue weighted by Crippen LogP contribution is 2.24. The van der Waals surface area contributed by atoms with Crippen molar-refractivity contribution in [2.45, 2.75) is 10.2 Å². The van der Waals surface area contributed by atoms with Crippen molar-refractivity contribution in [1.82, 2.24) is 19.9 Å². The molecule has 7 nitrogen and oxygen atoms in total. The van der Waals surface area contributed by atoms with Gasteiger partial charge in [0.15, 0.2) is 5.16 Å². The Hall–Kier alpha value is -1.80. The Balaban J connectivity index is 2.24. The number of hydrogen-bond acceptors (Lipinski definition) is 7. The molecule has 0 radical (unpaired) electrons. The van der Waals surface area contributed by atoms with Crippen molar-refractivity contribution < 1.29 is 0 Å². The minimum absolute atomic E-state index is 0.166. The van der Waals surface area contributed by atoms with Gasteiger partial charge in [0, 0.05) is 18.5 Å². The third-order valence-electron chi connectivity index (χ3n) is 1.54. The summed E-state index contributed by atoms with van der Waals surface area (Å²) in [6.45, 7) is 0. The number of imidazole rings is 1. The van der Waals surface area contributed by atoms with Crippen molar-refractivity contribution in [1.29, 1.82) is 0 Å². The molecule has 0 aliphatic carbocycles. The van der Waals surface area contributed by atoms with E-state index in [0.29, 0.717) is 10.8 Å². The maximum Gasteiger partial charge on any atom is 0.223 e. The van der Waals surface area contributed by atoms with E-state index in [9.17, 15) is 0 Å². The van der Waals surface area contributed by atoms with E-state index in [1.54, 1.807) is 18.5 Å². The summed E-state index contributed by atoms with van der Waals surface area (Å²) < 4.78 is 0. The van der Waals surface area contributed by atoms with Crippen molar-refractivity contribution in [3.8, 4) is 0 Å². The van der Waals surface area contributed by atoms with Gasteiger partial charge in [-0.15, -0.1) is 0 Å². The normalized spacial score (nSPS) is 10.2. The Morgan fingerprint density at radius 1 is 1.40 bits per heavy atom. The molecule has 0 bridgehead atoms. The third kappa shape index (κ3) is 2.36. The number of hydrogen-bond donors (Lipinski definition) is 4. The van der Waals surface area contributed by atoms with E-state index in [1.165, 1.54) is 11.8 Å². The first kappa shape index (κ1) is 9.74. The summed E-state index contributed by atoms with van der Waals surface area (Å²) in [4.78, 5) is 14.9. The number of nitrogens with two attached hydrogens (primary N) is 2. The van der Waals surface area contributed by atoms with Crippen LogP contribution in [0.3, 0.4) is 0 Å². The minimum Gasteiger partial charge on any atom is -0.368 e. The molecular formula is C7H9N7S. The van der Waals surface area contributed by atoms with Gasteiger partial charge in [0.2, 0.25) is 5.95 Å². The number of anilines is 2. The molecule has 0 amide bonds. The Morgan fingerprint density at radius 3 is 2.93 bits per heavy atom. The molecule has 0 aromatic carbocycles. The Kier molecular flexibility index (Phi) is 2.70. The lowest BCUT2D eigenvalue weighted by molar-refractivity contribution is 1.02. The smallest absolute Gasteiger partial charge is 0.223 e. The van der Waals surface area contributed by atoms with E-state index in [-0.39, 0.29) is 5.95 Å². The van der Waals surface area contributed by atoms with Crippen LogP contribution in [0, 0.1) is 0 Å². The first-order valence-corrected chi connectivity index (χ1v) is 4.88. The first-order chi connectivity index (χ1) is 7.28. The molecule has 0 fully saturated rings. The molecule has 2 rings (SSSR count). The molecule has 0 saturated heterocycles. The second kappa shape index (κ2) is 4.15. The van der Waals surface area contributed by atoms with Crippen LogP contribution in [0.25, 0.3) is 0 Å². The molecule has 78 valence electrons. The molecule has 6 N–H and O–H groups in total. The van der Waals surface area contributed by atoms with E-state index in [0.717, 1.165) is 5.16 Å². The van der Waals surface area contributed by atoms with E-state index in [4.69, 9.17) is 11.6 Å². The molecule has 0 aliphatic heterocycles. The van der Waals surface area contributed by atoms with Crippen LogP contribution >= 0.6 is 11.8 Å². The van der Waals surface area contributed by atoms with Gasteiger partial charge in [-0.3, -0.25) is 0 Å². The number of H-pyrrole nitrogens is 1. The summed E-state index contributed by atoms with van der Waals surface area (Å²) >= 11 is 1.34. The van der Waals surface area contributed by atoms with Crippen LogP contribution < -0.4 is 17.0 Å². The second-order valence-electron chi connectivity index (χ2n) is 2.59. The van der Waals surface area contributed by atoms with Gasteiger partial charge in [-0.25, -0.2) is 15.8 Å². The number of aromatic amines is 1. The lowest BCUT2D eigenvalue weighted by Crippen LogP contribution is -2.10. The van der Waals surface area contributed by atoms with Gasteiger partial charge in [0.25, 0.3) is 0 Å². The van der Waals surface area contributed by atoms with Crippen LogP contribution in [-0.4, -0.2) is 19.9 Å². The van der Waals surface area contributed by atoms with Gasteiger partial charge >= 0.3 is 0 Å². The highest BCUT2D eigenvalue weighted by atomic mass is 32.2. The average Bonchev–Trinajstić information content (AvgIpc) is 2.69. The Bertz CT molecular complexity index is 441. The molecule has 0 spiro atoms. The predicted octanol–water partition coefficient (Wildman–Crippen LogP) is 0.219. The Labute approximate surface area is 89.7 Å². The van der Waals surface area contributed by atoms with Gasteiger partial charge in [-0.1, -0.05) is 0 Å². The van der Waals surface area contributed by atoms with Gasteiger partial charge in [0.05, 0.1) is 0 Å². The van der Waals surface area contributed by atoms with E-state index < -0.39 is 0 Å². The molecule has 0 atom stereocenters. The first-order valence-electron chi connectivity index (χ1n) is 4.06. The molecule has 2 heterocycles. The quantitative estimate of drug-likeness (QED) is 0.334. The topological polar surface area (TPSA) is 119 Å². The number of nitrogen functional groups attached to an aromatic ring is 2.